The van der Waals surface area contributed by atoms with Crippen LogP contribution in [0.3, 0.4) is 0 Å². The molecule has 0 aromatic carbocycles. The zero-order valence-electron chi connectivity index (χ0n) is 59.4. The number of amides is 8. The SMILES string of the molecule is CC[C@H]1CC(=O)[C@@H]([C@H](O)[C@H](C)/C=C/CN2CCOCC2)N(C)C(=O)[C@@H](C(C)C)N(C)C(=O)[C@@H](CC(C)C)N(C)C(=O)[C@@H](CC(C)C)N(C)C(=O)[C@H](C)NC(=O)[C@@H](C)CC(=O)[C@@H](CC(C)C)N(C)C(=O)[C@@H](C(C)C)CC(=O)[C@H](CC(C)C)N(C)C(=O)CN(C)C1=O. The van der Waals surface area contributed by atoms with E-state index >= 15 is 19.2 Å². The van der Waals surface area contributed by atoms with E-state index in [9.17, 15) is 38.7 Å². The Bertz CT molecular complexity index is 2460. The molecular weight excluding hydrogens is 1150 g/mol. The number of ether oxygens (including phenoxy) is 1. The lowest BCUT2D eigenvalue weighted by Gasteiger charge is -2.41. The number of aliphatic hydroxyl groups excluding tert-OH is 1. The fourth-order valence-electron chi connectivity index (χ4n) is 12.3. The molecule has 22 heteroatoms. The average molecular weight is 1270 g/mol. The van der Waals surface area contributed by atoms with Gasteiger partial charge in [0, 0.05) is 112 Å². The first-order valence-corrected chi connectivity index (χ1v) is 33.1. The van der Waals surface area contributed by atoms with Crippen LogP contribution in [-0.4, -0.2) is 246 Å². The maximum atomic E-state index is 15.3. The van der Waals surface area contributed by atoms with Gasteiger partial charge in [0.15, 0.2) is 17.3 Å². The Morgan fingerprint density at radius 3 is 1.43 bits per heavy atom. The van der Waals surface area contributed by atoms with E-state index in [0.29, 0.717) is 32.8 Å². The van der Waals surface area contributed by atoms with Gasteiger partial charge < -0.3 is 49.5 Å². The Labute approximate surface area is 540 Å². The van der Waals surface area contributed by atoms with Crippen molar-refractivity contribution in [2.24, 2.45) is 59.2 Å². The first-order chi connectivity index (χ1) is 41.7. The molecular formula is C68H119N9O13. The summed E-state index contributed by atoms with van der Waals surface area (Å²) in [6.45, 7) is 31.4. The largest absolute Gasteiger partial charge is 0.390 e. The summed E-state index contributed by atoms with van der Waals surface area (Å²) in [5.74, 6) is -11.0. The molecule has 12 atom stereocenters. The van der Waals surface area contributed by atoms with E-state index < -0.39 is 150 Å². The van der Waals surface area contributed by atoms with Gasteiger partial charge in [-0.05, 0) is 74.5 Å². The molecule has 2 rings (SSSR count). The van der Waals surface area contributed by atoms with E-state index in [1.807, 2.05) is 75.3 Å². The summed E-state index contributed by atoms with van der Waals surface area (Å²) in [4.78, 5) is 173. The van der Waals surface area contributed by atoms with Crippen LogP contribution in [0.5, 0.6) is 0 Å². The van der Waals surface area contributed by atoms with Crippen molar-refractivity contribution in [3.05, 3.63) is 12.2 Å². The number of ketones is 3. The summed E-state index contributed by atoms with van der Waals surface area (Å²) in [6.07, 6.45) is 2.14. The highest BCUT2D eigenvalue weighted by molar-refractivity contribution is 5.99. The third-order valence-corrected chi connectivity index (χ3v) is 18.2. The fraction of sp³-hybridized carbons (Fsp3) is 0.809. The number of carbonyl (C=O) groups is 11. The molecule has 90 heavy (non-hydrogen) atoms. The van der Waals surface area contributed by atoms with Gasteiger partial charge in [-0.3, -0.25) is 57.6 Å². The van der Waals surface area contributed by atoms with Crippen LogP contribution in [0, 0.1) is 59.2 Å². The van der Waals surface area contributed by atoms with E-state index in [-0.39, 0.29) is 80.3 Å². The molecule has 8 amide bonds. The quantitative estimate of drug-likeness (QED) is 0.182. The van der Waals surface area contributed by atoms with Gasteiger partial charge in [0.25, 0.3) is 0 Å². The molecule has 0 spiro atoms. The van der Waals surface area contributed by atoms with Gasteiger partial charge in [0.05, 0.1) is 37.9 Å². The number of nitrogens with one attached hydrogen (secondary N) is 1. The van der Waals surface area contributed by atoms with Crippen molar-refractivity contribution in [1.82, 2.24) is 44.5 Å². The molecule has 0 aliphatic carbocycles. The van der Waals surface area contributed by atoms with E-state index in [1.54, 1.807) is 40.7 Å². The average Bonchev–Trinajstić information content (AvgIpc) is 0.874. The standard InChI is InChI=1S/C68H119N9O13/c1-24-49-37-57(80)60(61(82)46(14)26-25-27-77-28-30-90-31-29-77)76(23)68(89)59(45(12)13)75(22)67(88)54(35-43(8)9)74(21)66(87)53(34-42(6)7)73(20)63(84)48(16)69-62(83)47(15)36-55(78)52(33-41(4)5)72(19)65(86)50(44(10)11)38-56(79)51(32-40(2)3)71(18)58(81)39-70(17)64(49)85/h25-26,40-54,59-61,82H,24,27-39H2,1-23H3,(H,69,83)/b26-25+/t46-,47+,48+,49+,50-,51+,52-,53-,54-,59-,60+,61-/m1/s1. The van der Waals surface area contributed by atoms with Gasteiger partial charge in [-0.15, -0.1) is 0 Å². The number of hydrogen-bond acceptors (Lipinski definition) is 14. The van der Waals surface area contributed by atoms with Crippen LogP contribution in [0.15, 0.2) is 12.2 Å². The molecule has 0 bridgehead atoms. The van der Waals surface area contributed by atoms with Crippen molar-refractivity contribution in [3.63, 3.8) is 0 Å². The summed E-state index contributed by atoms with van der Waals surface area (Å²) < 4.78 is 5.51. The monoisotopic (exact) mass is 1270 g/mol. The van der Waals surface area contributed by atoms with Crippen LogP contribution in [-0.2, 0) is 57.5 Å². The smallest absolute Gasteiger partial charge is 0.246 e. The van der Waals surface area contributed by atoms with E-state index in [4.69, 9.17) is 4.74 Å². The molecule has 0 radical (unpaired) electrons. The fourth-order valence-corrected chi connectivity index (χ4v) is 12.3. The Hall–Kier alpha value is -5.61. The Morgan fingerprint density at radius 1 is 0.511 bits per heavy atom. The van der Waals surface area contributed by atoms with Crippen molar-refractivity contribution in [2.45, 2.75) is 211 Å². The third kappa shape index (κ3) is 22.9. The molecule has 514 valence electrons. The molecule has 2 saturated heterocycles. The molecule has 2 N–H and O–H groups in total. The maximum Gasteiger partial charge on any atom is 0.246 e. The minimum absolute atomic E-state index is 0.0690. The van der Waals surface area contributed by atoms with Crippen LogP contribution in [0.4, 0.5) is 0 Å². The first kappa shape index (κ1) is 80.5. The number of likely N-dealkylation sites (N-methyl/N-ethyl adjacent to an activating group) is 7. The summed E-state index contributed by atoms with van der Waals surface area (Å²) in [6, 6.07) is -8.20. The zero-order valence-corrected chi connectivity index (χ0v) is 59.4. The Kier molecular flexibility index (Phi) is 33.2. The number of nitrogens with zero attached hydrogens (tertiary/aromatic N) is 8. The minimum Gasteiger partial charge on any atom is -0.390 e. The van der Waals surface area contributed by atoms with Crippen LogP contribution in [0.1, 0.15) is 162 Å². The van der Waals surface area contributed by atoms with E-state index in [1.165, 1.54) is 85.7 Å². The van der Waals surface area contributed by atoms with Gasteiger partial charge in [0.2, 0.25) is 47.3 Å². The summed E-state index contributed by atoms with van der Waals surface area (Å²) in [7, 11) is 10.3. The topological polar surface area (TPSA) is 255 Å². The molecule has 2 aliphatic rings. The van der Waals surface area contributed by atoms with E-state index in [0.717, 1.165) is 4.90 Å². The lowest BCUT2D eigenvalue weighted by molar-refractivity contribution is -0.157. The second-order valence-corrected chi connectivity index (χ2v) is 28.4. The van der Waals surface area contributed by atoms with Gasteiger partial charge >= 0.3 is 0 Å². The second-order valence-electron chi connectivity index (χ2n) is 28.4. The van der Waals surface area contributed by atoms with Crippen LogP contribution >= 0.6 is 0 Å². The van der Waals surface area contributed by atoms with Crippen molar-refractivity contribution < 1.29 is 62.6 Å². The number of morpholine rings is 1. The number of Topliss-reactive ketones (excluding diaryl/α,β-unsaturated/α-hetero) is 3. The van der Waals surface area contributed by atoms with Crippen molar-refractivity contribution in [3.8, 4) is 0 Å². The summed E-state index contributed by atoms with van der Waals surface area (Å²) >= 11 is 0. The van der Waals surface area contributed by atoms with Gasteiger partial charge in [-0.2, -0.15) is 0 Å². The molecule has 0 aromatic heterocycles. The Morgan fingerprint density at radius 2 is 0.956 bits per heavy atom. The van der Waals surface area contributed by atoms with Crippen molar-refractivity contribution >= 4 is 64.6 Å². The zero-order chi connectivity index (χ0) is 69.1. The highest BCUT2D eigenvalue weighted by Gasteiger charge is 2.45. The van der Waals surface area contributed by atoms with Gasteiger partial charge in [-0.1, -0.05) is 116 Å². The number of carbonyl (C=O) groups excluding carboxylic acids is 11. The van der Waals surface area contributed by atoms with Crippen molar-refractivity contribution in [1.29, 1.82) is 0 Å². The minimum atomic E-state index is -1.54. The number of hydrogen-bond donors (Lipinski definition) is 2. The number of rotatable bonds is 16. The summed E-state index contributed by atoms with van der Waals surface area (Å²) in [5.41, 5.74) is 0. The highest BCUT2D eigenvalue weighted by atomic mass is 16.5. The second kappa shape index (κ2) is 37.2. The molecule has 0 unspecified atom stereocenters. The van der Waals surface area contributed by atoms with Crippen LogP contribution in [0.2, 0.25) is 0 Å². The van der Waals surface area contributed by atoms with E-state index in [2.05, 4.69) is 10.2 Å². The number of aliphatic hydroxyl groups is 1. The predicted molar refractivity (Wildman–Crippen MR) is 349 cm³/mol. The molecule has 2 heterocycles. The molecule has 2 aliphatic heterocycles. The van der Waals surface area contributed by atoms with Gasteiger partial charge in [-0.25, -0.2) is 0 Å². The Balaban J connectivity index is 2.97. The third-order valence-electron chi connectivity index (χ3n) is 18.2. The predicted octanol–water partition coefficient (Wildman–Crippen LogP) is 5.46. The maximum absolute atomic E-state index is 15.3. The first-order valence-electron chi connectivity index (χ1n) is 33.1. The molecule has 0 saturated carbocycles. The molecule has 0 aromatic rings. The summed E-state index contributed by atoms with van der Waals surface area (Å²) in [5, 5.41) is 15.1. The van der Waals surface area contributed by atoms with Crippen LogP contribution in [0.25, 0.3) is 0 Å². The molecule has 22 nitrogen and oxygen atoms in total. The van der Waals surface area contributed by atoms with Gasteiger partial charge in [0.1, 0.15) is 30.2 Å². The highest BCUT2D eigenvalue weighted by Crippen LogP contribution is 2.29. The lowest BCUT2D eigenvalue weighted by Crippen LogP contribution is -2.61. The van der Waals surface area contributed by atoms with Crippen molar-refractivity contribution in [2.75, 3.05) is 88.7 Å². The normalized spacial score (nSPS) is 27.6. The molecule has 2 fully saturated rings. The van der Waals surface area contributed by atoms with Crippen LogP contribution < -0.4 is 5.32 Å². The lowest BCUT2D eigenvalue weighted by atomic mass is 9.84.